The Hall–Kier alpha value is -1.52. The van der Waals surface area contributed by atoms with E-state index in [1.165, 1.54) is 0 Å². The third-order valence-electron chi connectivity index (χ3n) is 3.77. The predicted molar refractivity (Wildman–Crippen MR) is 78.0 cm³/mol. The van der Waals surface area contributed by atoms with Gasteiger partial charge in [0.25, 0.3) is 5.91 Å². The van der Waals surface area contributed by atoms with Crippen LogP contribution in [0.15, 0.2) is 0 Å². The van der Waals surface area contributed by atoms with E-state index in [2.05, 4.69) is 18.9 Å². The van der Waals surface area contributed by atoms with Gasteiger partial charge >= 0.3 is 0 Å². The molecule has 0 aliphatic heterocycles. The van der Waals surface area contributed by atoms with Gasteiger partial charge < -0.3 is 10.6 Å². The first-order chi connectivity index (χ1) is 8.96. The number of nitrogens with two attached hydrogens (primary N) is 1. The van der Waals surface area contributed by atoms with E-state index in [9.17, 15) is 4.79 Å². The highest BCUT2D eigenvalue weighted by atomic mass is 16.2. The summed E-state index contributed by atoms with van der Waals surface area (Å²) in [5, 5.41) is 4.21. The van der Waals surface area contributed by atoms with Crippen LogP contribution in [0, 0.1) is 12.8 Å². The van der Waals surface area contributed by atoms with Crippen LogP contribution in [-0.2, 0) is 7.05 Å². The van der Waals surface area contributed by atoms with Gasteiger partial charge in [0, 0.05) is 20.1 Å². The van der Waals surface area contributed by atoms with Gasteiger partial charge in [-0.15, -0.1) is 0 Å². The van der Waals surface area contributed by atoms with Crippen molar-refractivity contribution in [2.75, 3.05) is 18.8 Å². The highest BCUT2D eigenvalue weighted by molar-refractivity contribution is 5.97. The fourth-order valence-electron chi connectivity index (χ4n) is 2.29. The Morgan fingerprint density at radius 2 is 1.95 bits per heavy atom. The number of anilines is 1. The number of nitrogens with zero attached hydrogens (tertiary/aromatic N) is 3. The van der Waals surface area contributed by atoms with Crippen molar-refractivity contribution in [2.45, 2.75) is 40.5 Å². The average Bonchev–Trinajstić information content (AvgIpc) is 2.64. The molecular formula is C14H26N4O. The van der Waals surface area contributed by atoms with Crippen LogP contribution in [0.3, 0.4) is 0 Å². The molecule has 0 radical (unpaired) electrons. The maximum atomic E-state index is 12.6. The molecule has 0 unspecified atom stereocenters. The van der Waals surface area contributed by atoms with Crippen molar-refractivity contribution < 1.29 is 4.79 Å². The van der Waals surface area contributed by atoms with Gasteiger partial charge in [0.15, 0.2) is 0 Å². The fourth-order valence-corrected chi connectivity index (χ4v) is 2.29. The molecule has 0 spiro atoms. The summed E-state index contributed by atoms with van der Waals surface area (Å²) in [6.45, 7) is 9.62. The Kier molecular flexibility index (Phi) is 5.39. The smallest absolute Gasteiger partial charge is 0.274 e. The first-order valence-corrected chi connectivity index (χ1v) is 7.04. The summed E-state index contributed by atoms with van der Waals surface area (Å²) < 4.78 is 1.59. The first-order valence-electron chi connectivity index (χ1n) is 7.04. The van der Waals surface area contributed by atoms with E-state index in [4.69, 9.17) is 5.73 Å². The zero-order valence-electron chi connectivity index (χ0n) is 12.7. The summed E-state index contributed by atoms with van der Waals surface area (Å²) in [6, 6.07) is 0. The quantitative estimate of drug-likeness (QED) is 0.858. The van der Waals surface area contributed by atoms with Gasteiger partial charge in [-0.25, -0.2) is 0 Å². The fraction of sp³-hybridized carbons (Fsp3) is 0.714. The van der Waals surface area contributed by atoms with Crippen molar-refractivity contribution in [3.05, 3.63) is 11.4 Å². The second-order valence-corrected chi connectivity index (χ2v) is 5.00. The molecule has 1 amide bonds. The molecule has 19 heavy (non-hydrogen) atoms. The Labute approximate surface area is 115 Å². The largest absolute Gasteiger partial charge is 0.395 e. The zero-order valence-corrected chi connectivity index (χ0v) is 12.7. The molecule has 2 N–H and O–H groups in total. The minimum absolute atomic E-state index is 0.0185. The number of carbonyl (C=O) groups is 1. The molecule has 1 aromatic rings. The topological polar surface area (TPSA) is 64.2 Å². The van der Waals surface area contributed by atoms with Crippen LogP contribution in [0.25, 0.3) is 0 Å². The standard InChI is InChI=1S/C14H26N4O/c1-6-11(7-2)9-18(8-3)14(19)13-12(15)10(4)16-17(13)5/h11H,6-9,15H2,1-5H3. The van der Waals surface area contributed by atoms with Gasteiger partial charge in [-0.2, -0.15) is 5.10 Å². The van der Waals surface area contributed by atoms with Crippen LogP contribution in [-0.4, -0.2) is 33.7 Å². The maximum absolute atomic E-state index is 12.6. The summed E-state index contributed by atoms with van der Waals surface area (Å²) in [4.78, 5) is 14.4. The van der Waals surface area contributed by atoms with Crippen LogP contribution in [0.5, 0.6) is 0 Å². The number of aryl methyl sites for hydroxylation is 2. The number of nitrogen functional groups attached to an aromatic ring is 1. The molecule has 5 heteroatoms. The normalized spacial score (nSPS) is 11.1. The number of carbonyl (C=O) groups excluding carboxylic acids is 1. The number of amides is 1. The molecule has 108 valence electrons. The van der Waals surface area contributed by atoms with Crippen LogP contribution >= 0.6 is 0 Å². The molecule has 0 fully saturated rings. The van der Waals surface area contributed by atoms with E-state index in [0.29, 0.717) is 29.5 Å². The molecule has 0 aliphatic carbocycles. The van der Waals surface area contributed by atoms with E-state index in [1.54, 1.807) is 11.7 Å². The average molecular weight is 266 g/mol. The second-order valence-electron chi connectivity index (χ2n) is 5.00. The minimum atomic E-state index is -0.0185. The number of hydrogen-bond donors (Lipinski definition) is 1. The molecule has 0 saturated heterocycles. The van der Waals surface area contributed by atoms with Gasteiger partial charge in [-0.1, -0.05) is 26.7 Å². The lowest BCUT2D eigenvalue weighted by Gasteiger charge is -2.25. The lowest BCUT2D eigenvalue weighted by molar-refractivity contribution is 0.0725. The van der Waals surface area contributed by atoms with E-state index >= 15 is 0 Å². The monoisotopic (exact) mass is 266 g/mol. The molecule has 0 atom stereocenters. The van der Waals surface area contributed by atoms with Crippen LogP contribution in [0.2, 0.25) is 0 Å². The third kappa shape index (κ3) is 3.28. The number of hydrogen-bond acceptors (Lipinski definition) is 3. The van der Waals surface area contributed by atoms with Gasteiger partial charge in [-0.3, -0.25) is 9.48 Å². The van der Waals surface area contributed by atoms with Gasteiger partial charge in [0.2, 0.25) is 0 Å². The molecule has 1 heterocycles. The van der Waals surface area contributed by atoms with Crippen molar-refractivity contribution in [3.63, 3.8) is 0 Å². The molecule has 1 aromatic heterocycles. The molecule has 1 rings (SSSR count). The van der Waals surface area contributed by atoms with Crippen molar-refractivity contribution in [1.82, 2.24) is 14.7 Å². The summed E-state index contributed by atoms with van der Waals surface area (Å²) in [7, 11) is 1.77. The van der Waals surface area contributed by atoms with Crippen molar-refractivity contribution in [3.8, 4) is 0 Å². The Morgan fingerprint density at radius 3 is 2.32 bits per heavy atom. The van der Waals surface area contributed by atoms with Crippen LogP contribution in [0.4, 0.5) is 5.69 Å². The Bertz CT molecular complexity index is 435. The summed E-state index contributed by atoms with van der Waals surface area (Å²) in [6.07, 6.45) is 2.17. The maximum Gasteiger partial charge on any atom is 0.274 e. The van der Waals surface area contributed by atoms with Crippen molar-refractivity contribution in [1.29, 1.82) is 0 Å². The predicted octanol–water partition coefficient (Wildman–Crippen LogP) is 2.21. The molecule has 0 aromatic carbocycles. The summed E-state index contributed by atoms with van der Waals surface area (Å²) in [5.74, 6) is 0.523. The minimum Gasteiger partial charge on any atom is -0.395 e. The lowest BCUT2D eigenvalue weighted by atomic mass is 10.0. The van der Waals surface area contributed by atoms with E-state index < -0.39 is 0 Å². The molecule has 0 bridgehead atoms. The van der Waals surface area contributed by atoms with Gasteiger partial charge in [0.05, 0.1) is 11.4 Å². The Balaban J connectivity index is 2.95. The van der Waals surface area contributed by atoms with Gasteiger partial charge in [-0.05, 0) is 19.8 Å². The zero-order chi connectivity index (χ0) is 14.6. The Morgan fingerprint density at radius 1 is 1.37 bits per heavy atom. The third-order valence-corrected chi connectivity index (χ3v) is 3.77. The molecule has 5 nitrogen and oxygen atoms in total. The molecule has 0 aliphatic rings. The van der Waals surface area contributed by atoms with Gasteiger partial charge in [0.1, 0.15) is 5.69 Å². The highest BCUT2D eigenvalue weighted by Crippen LogP contribution is 2.19. The van der Waals surface area contributed by atoms with Crippen LogP contribution in [0.1, 0.15) is 49.8 Å². The van der Waals surface area contributed by atoms with Crippen LogP contribution < -0.4 is 5.73 Å². The van der Waals surface area contributed by atoms with E-state index in [1.807, 2.05) is 18.7 Å². The first kappa shape index (κ1) is 15.5. The van der Waals surface area contributed by atoms with Crippen molar-refractivity contribution >= 4 is 11.6 Å². The number of aromatic nitrogens is 2. The molecule has 0 saturated carbocycles. The second kappa shape index (κ2) is 6.59. The SMILES string of the molecule is CCC(CC)CN(CC)C(=O)c1c(N)c(C)nn1C. The molecular weight excluding hydrogens is 240 g/mol. The summed E-state index contributed by atoms with van der Waals surface area (Å²) >= 11 is 0. The lowest BCUT2D eigenvalue weighted by Crippen LogP contribution is -2.36. The van der Waals surface area contributed by atoms with E-state index in [-0.39, 0.29) is 5.91 Å². The number of rotatable bonds is 6. The highest BCUT2D eigenvalue weighted by Gasteiger charge is 2.23. The van der Waals surface area contributed by atoms with Crippen molar-refractivity contribution in [2.24, 2.45) is 13.0 Å². The van der Waals surface area contributed by atoms with E-state index in [0.717, 1.165) is 19.4 Å². The summed E-state index contributed by atoms with van der Waals surface area (Å²) in [5.41, 5.74) is 7.68.